The van der Waals surface area contributed by atoms with Crippen LogP contribution in [0.5, 0.6) is 0 Å². The molecule has 0 aromatic heterocycles. The van der Waals surface area contributed by atoms with Gasteiger partial charge in [-0.2, -0.15) is 0 Å². The van der Waals surface area contributed by atoms with Crippen molar-refractivity contribution in [3.05, 3.63) is 48.0 Å². The predicted molar refractivity (Wildman–Crippen MR) is 56.5 cm³/mol. The Morgan fingerprint density at radius 2 is 1.93 bits per heavy atom. The van der Waals surface area contributed by atoms with E-state index < -0.39 is 0 Å². The molecule has 0 unspecified atom stereocenters. The van der Waals surface area contributed by atoms with Gasteiger partial charge in [-0.1, -0.05) is 30.3 Å². The second-order valence-corrected chi connectivity index (χ2v) is 2.94. The number of benzene rings is 1. The van der Waals surface area contributed by atoms with Crippen LogP contribution in [-0.4, -0.2) is 18.4 Å². The first-order valence-electron chi connectivity index (χ1n) is 4.59. The number of ether oxygens (including phenoxy) is 1. The van der Waals surface area contributed by atoms with Crippen molar-refractivity contribution < 1.29 is 14.3 Å². The minimum atomic E-state index is -0.355. The molecule has 0 aliphatic carbocycles. The van der Waals surface area contributed by atoms with Crippen molar-refractivity contribution in [3.8, 4) is 0 Å². The lowest BCUT2D eigenvalue weighted by atomic mass is 10.1. The van der Waals surface area contributed by atoms with Crippen molar-refractivity contribution >= 4 is 11.8 Å². The van der Waals surface area contributed by atoms with Crippen LogP contribution < -0.4 is 0 Å². The maximum absolute atomic E-state index is 11.5. The molecule has 1 rings (SSSR count). The van der Waals surface area contributed by atoms with Crippen LogP contribution >= 0.6 is 0 Å². The number of rotatable bonds is 4. The number of carbonyl (C=O) groups excluding carboxylic acids is 2. The summed E-state index contributed by atoms with van der Waals surface area (Å²) in [5.74, 6) is -0.449. The van der Waals surface area contributed by atoms with E-state index in [1.54, 1.807) is 24.3 Å². The molecule has 78 valence electrons. The lowest BCUT2D eigenvalue weighted by Crippen LogP contribution is -1.99. The standard InChI is InChI=1S/C12H12O3/c1-10(13)15-9-5-8-12(14)11-6-3-2-4-7-11/h2-8H,9H2,1H3/b8-5+. The van der Waals surface area contributed by atoms with Crippen LogP contribution in [0.1, 0.15) is 17.3 Å². The summed E-state index contributed by atoms with van der Waals surface area (Å²) in [7, 11) is 0. The molecule has 0 heterocycles. The maximum atomic E-state index is 11.5. The maximum Gasteiger partial charge on any atom is 0.302 e. The summed E-state index contributed by atoms with van der Waals surface area (Å²) in [4.78, 5) is 21.9. The van der Waals surface area contributed by atoms with Gasteiger partial charge in [0.2, 0.25) is 0 Å². The van der Waals surface area contributed by atoms with Gasteiger partial charge in [0, 0.05) is 12.5 Å². The molecule has 15 heavy (non-hydrogen) atoms. The van der Waals surface area contributed by atoms with Gasteiger partial charge in [-0.05, 0) is 12.2 Å². The molecule has 0 radical (unpaired) electrons. The van der Waals surface area contributed by atoms with E-state index in [0.29, 0.717) is 5.56 Å². The summed E-state index contributed by atoms with van der Waals surface area (Å²) in [5, 5.41) is 0. The fraction of sp³-hybridized carbons (Fsp3) is 0.167. The number of hydrogen-bond acceptors (Lipinski definition) is 3. The third-order valence-corrected chi connectivity index (χ3v) is 1.71. The minimum absolute atomic E-state index is 0.0947. The molecule has 0 fully saturated rings. The average Bonchev–Trinajstić information content (AvgIpc) is 2.25. The number of ketones is 1. The zero-order valence-electron chi connectivity index (χ0n) is 8.47. The highest BCUT2D eigenvalue weighted by Gasteiger charge is 1.98. The summed E-state index contributed by atoms with van der Waals surface area (Å²) in [5.41, 5.74) is 0.622. The smallest absolute Gasteiger partial charge is 0.302 e. The van der Waals surface area contributed by atoms with Crippen molar-refractivity contribution in [2.45, 2.75) is 6.92 Å². The molecule has 0 aliphatic rings. The van der Waals surface area contributed by atoms with Crippen molar-refractivity contribution in [2.24, 2.45) is 0 Å². The SMILES string of the molecule is CC(=O)OC/C=C/C(=O)c1ccccc1. The fourth-order valence-corrected chi connectivity index (χ4v) is 1.02. The monoisotopic (exact) mass is 204 g/mol. The van der Waals surface area contributed by atoms with E-state index in [9.17, 15) is 9.59 Å². The van der Waals surface area contributed by atoms with E-state index in [4.69, 9.17) is 0 Å². The normalized spacial score (nSPS) is 10.2. The zero-order valence-corrected chi connectivity index (χ0v) is 8.47. The van der Waals surface area contributed by atoms with E-state index in [2.05, 4.69) is 4.74 Å². The van der Waals surface area contributed by atoms with Crippen LogP contribution in [0.15, 0.2) is 42.5 Å². The van der Waals surface area contributed by atoms with E-state index in [1.807, 2.05) is 6.07 Å². The van der Waals surface area contributed by atoms with Crippen molar-refractivity contribution in [3.63, 3.8) is 0 Å². The van der Waals surface area contributed by atoms with Crippen molar-refractivity contribution in [1.82, 2.24) is 0 Å². The zero-order chi connectivity index (χ0) is 11.1. The number of hydrogen-bond donors (Lipinski definition) is 0. The van der Waals surface area contributed by atoms with Gasteiger partial charge in [-0.15, -0.1) is 0 Å². The lowest BCUT2D eigenvalue weighted by molar-refractivity contribution is -0.139. The highest BCUT2D eigenvalue weighted by molar-refractivity contribution is 6.04. The van der Waals surface area contributed by atoms with Gasteiger partial charge < -0.3 is 4.74 Å². The molecule has 3 heteroatoms. The third kappa shape index (κ3) is 4.22. The summed E-state index contributed by atoms with van der Waals surface area (Å²) in [6.45, 7) is 1.46. The predicted octanol–water partition coefficient (Wildman–Crippen LogP) is 1.99. The Kier molecular flexibility index (Phi) is 4.29. The van der Waals surface area contributed by atoms with Gasteiger partial charge in [-0.25, -0.2) is 0 Å². The Hall–Kier alpha value is -1.90. The van der Waals surface area contributed by atoms with Crippen LogP contribution in [0.25, 0.3) is 0 Å². The molecular weight excluding hydrogens is 192 g/mol. The molecule has 0 saturated heterocycles. The van der Waals surface area contributed by atoms with Crippen LogP contribution in [0.3, 0.4) is 0 Å². The fourth-order valence-electron chi connectivity index (χ4n) is 1.02. The summed E-state index contributed by atoms with van der Waals surface area (Å²) in [6.07, 6.45) is 2.93. The lowest BCUT2D eigenvalue weighted by Gasteiger charge is -1.95. The van der Waals surface area contributed by atoms with Crippen LogP contribution in [0.2, 0.25) is 0 Å². The Balaban J connectivity index is 2.46. The van der Waals surface area contributed by atoms with Crippen LogP contribution in [0, 0.1) is 0 Å². The molecule has 1 aromatic rings. The van der Waals surface area contributed by atoms with E-state index >= 15 is 0 Å². The largest absolute Gasteiger partial charge is 0.462 e. The van der Waals surface area contributed by atoms with Gasteiger partial charge in [0.1, 0.15) is 6.61 Å². The number of esters is 1. The van der Waals surface area contributed by atoms with Crippen molar-refractivity contribution in [1.29, 1.82) is 0 Å². The number of carbonyl (C=O) groups is 2. The molecule has 0 bridgehead atoms. The first-order valence-corrected chi connectivity index (χ1v) is 4.59. The molecule has 0 spiro atoms. The van der Waals surface area contributed by atoms with E-state index in [1.165, 1.54) is 19.1 Å². The molecular formula is C12H12O3. The minimum Gasteiger partial charge on any atom is -0.462 e. The molecule has 3 nitrogen and oxygen atoms in total. The summed E-state index contributed by atoms with van der Waals surface area (Å²) >= 11 is 0. The Labute approximate surface area is 88.4 Å². The van der Waals surface area contributed by atoms with Gasteiger partial charge in [0.05, 0.1) is 0 Å². The van der Waals surface area contributed by atoms with Crippen LogP contribution in [0.4, 0.5) is 0 Å². The van der Waals surface area contributed by atoms with Gasteiger partial charge in [0.15, 0.2) is 5.78 Å². The average molecular weight is 204 g/mol. The molecule has 1 aromatic carbocycles. The third-order valence-electron chi connectivity index (χ3n) is 1.71. The van der Waals surface area contributed by atoms with E-state index in [0.717, 1.165) is 0 Å². The van der Waals surface area contributed by atoms with Crippen molar-refractivity contribution in [2.75, 3.05) is 6.61 Å². The Bertz CT molecular complexity index is 366. The molecule has 0 atom stereocenters. The first kappa shape index (κ1) is 11.2. The Morgan fingerprint density at radius 3 is 2.53 bits per heavy atom. The van der Waals surface area contributed by atoms with Gasteiger partial charge in [-0.3, -0.25) is 9.59 Å². The van der Waals surface area contributed by atoms with Gasteiger partial charge >= 0.3 is 5.97 Å². The van der Waals surface area contributed by atoms with E-state index in [-0.39, 0.29) is 18.4 Å². The summed E-state index contributed by atoms with van der Waals surface area (Å²) < 4.78 is 4.65. The Morgan fingerprint density at radius 1 is 1.27 bits per heavy atom. The quantitative estimate of drug-likeness (QED) is 0.428. The molecule has 0 saturated carbocycles. The second-order valence-electron chi connectivity index (χ2n) is 2.94. The van der Waals surface area contributed by atoms with Gasteiger partial charge in [0.25, 0.3) is 0 Å². The topological polar surface area (TPSA) is 43.4 Å². The molecule has 0 N–H and O–H groups in total. The highest BCUT2D eigenvalue weighted by atomic mass is 16.5. The van der Waals surface area contributed by atoms with Crippen LogP contribution in [-0.2, 0) is 9.53 Å². The highest BCUT2D eigenvalue weighted by Crippen LogP contribution is 2.00. The second kappa shape index (κ2) is 5.75. The number of allylic oxidation sites excluding steroid dienone is 1. The first-order chi connectivity index (χ1) is 7.20. The molecule has 0 amide bonds. The summed E-state index contributed by atoms with van der Waals surface area (Å²) in [6, 6.07) is 8.91. The molecule has 0 aliphatic heterocycles.